The molecule has 7 nitrogen and oxygen atoms in total. The minimum Gasteiger partial charge on any atom is -0.477 e. The molecular weight excluding hydrogens is 389 g/mol. The van der Waals surface area contributed by atoms with Crippen molar-refractivity contribution in [1.82, 2.24) is 9.80 Å². The van der Waals surface area contributed by atoms with Crippen LogP contribution in [-0.2, 0) is 11.3 Å². The number of halogens is 2. The topological polar surface area (TPSA) is 75.9 Å². The Bertz CT molecular complexity index is 855. The number of rotatable bonds is 6. The highest BCUT2D eigenvalue weighted by atomic mass is 35.5. The zero-order chi connectivity index (χ0) is 20.1. The Morgan fingerprint density at radius 1 is 1.14 bits per heavy atom. The highest BCUT2D eigenvalue weighted by molar-refractivity contribution is 6.30. The molecule has 28 heavy (non-hydrogen) atoms. The van der Waals surface area contributed by atoms with E-state index in [-0.39, 0.29) is 24.0 Å². The van der Waals surface area contributed by atoms with Gasteiger partial charge in [0.05, 0.1) is 4.92 Å². The zero-order valence-electron chi connectivity index (χ0n) is 15.0. The second kappa shape index (κ2) is 8.99. The molecule has 0 spiro atoms. The van der Waals surface area contributed by atoms with Crippen molar-refractivity contribution < 1.29 is 18.8 Å². The van der Waals surface area contributed by atoms with E-state index in [4.69, 9.17) is 16.3 Å². The Kier molecular flexibility index (Phi) is 6.43. The number of piperazine rings is 1. The number of benzene rings is 2. The van der Waals surface area contributed by atoms with Gasteiger partial charge in [0.2, 0.25) is 5.75 Å². The maximum Gasteiger partial charge on any atom is 0.311 e. The smallest absolute Gasteiger partial charge is 0.311 e. The predicted octanol–water partition coefficient (Wildman–Crippen LogP) is 3.11. The van der Waals surface area contributed by atoms with Crippen LogP contribution < -0.4 is 4.74 Å². The van der Waals surface area contributed by atoms with Crippen LogP contribution in [0.15, 0.2) is 42.5 Å². The standard InChI is InChI=1S/C19H19ClFN3O4/c20-15-3-1-14(2-4-15)12-22-7-9-23(10-8-22)19(25)13-28-18-11-16(21)5-6-17(18)24(26)27/h1-6,11H,7-10,12-13H2. The minimum atomic E-state index is -0.672. The van der Waals surface area contributed by atoms with E-state index >= 15 is 0 Å². The molecule has 0 unspecified atom stereocenters. The van der Waals surface area contributed by atoms with Crippen LogP contribution in [0.5, 0.6) is 5.75 Å². The highest BCUT2D eigenvalue weighted by Gasteiger charge is 2.23. The van der Waals surface area contributed by atoms with Crippen molar-refractivity contribution in [3.05, 3.63) is 69.0 Å². The first-order valence-electron chi connectivity index (χ1n) is 8.73. The summed E-state index contributed by atoms with van der Waals surface area (Å²) in [7, 11) is 0. The SMILES string of the molecule is O=C(COc1cc(F)ccc1[N+](=O)[O-])N1CCN(Cc2ccc(Cl)cc2)CC1. The lowest BCUT2D eigenvalue weighted by Crippen LogP contribution is -2.49. The molecule has 0 radical (unpaired) electrons. The van der Waals surface area contributed by atoms with Gasteiger partial charge in [0.1, 0.15) is 5.82 Å². The minimum absolute atomic E-state index is 0.250. The quantitative estimate of drug-likeness (QED) is 0.543. The third-order valence-electron chi connectivity index (χ3n) is 4.51. The molecule has 148 valence electrons. The van der Waals surface area contributed by atoms with Crippen molar-refractivity contribution in [2.24, 2.45) is 0 Å². The van der Waals surface area contributed by atoms with Crippen LogP contribution in [-0.4, -0.2) is 53.4 Å². The first-order chi connectivity index (χ1) is 13.4. The summed E-state index contributed by atoms with van der Waals surface area (Å²) in [5.41, 5.74) is 0.771. The molecule has 0 N–H and O–H groups in total. The summed E-state index contributed by atoms with van der Waals surface area (Å²) in [6.07, 6.45) is 0. The summed E-state index contributed by atoms with van der Waals surface area (Å²) >= 11 is 5.89. The van der Waals surface area contributed by atoms with Crippen molar-refractivity contribution in [3.8, 4) is 5.75 Å². The fourth-order valence-electron chi connectivity index (χ4n) is 2.99. The van der Waals surface area contributed by atoms with E-state index in [1.807, 2.05) is 24.3 Å². The summed E-state index contributed by atoms with van der Waals surface area (Å²) in [5, 5.41) is 11.7. The summed E-state index contributed by atoms with van der Waals surface area (Å²) in [4.78, 5) is 26.5. The number of amides is 1. The van der Waals surface area contributed by atoms with Crippen LogP contribution in [0.3, 0.4) is 0 Å². The van der Waals surface area contributed by atoms with E-state index in [9.17, 15) is 19.3 Å². The molecule has 0 bridgehead atoms. The van der Waals surface area contributed by atoms with Crippen LogP contribution in [0.25, 0.3) is 0 Å². The lowest BCUT2D eigenvalue weighted by Gasteiger charge is -2.34. The molecule has 1 aliphatic rings. The number of nitro groups is 1. The number of ether oxygens (including phenoxy) is 1. The van der Waals surface area contributed by atoms with Gasteiger partial charge in [-0.25, -0.2) is 4.39 Å². The third kappa shape index (κ3) is 5.17. The van der Waals surface area contributed by atoms with Crippen molar-refractivity contribution in [1.29, 1.82) is 0 Å². The molecule has 2 aromatic rings. The van der Waals surface area contributed by atoms with Crippen LogP contribution in [0.4, 0.5) is 10.1 Å². The Morgan fingerprint density at radius 2 is 1.82 bits per heavy atom. The molecule has 0 saturated carbocycles. The van der Waals surface area contributed by atoms with E-state index < -0.39 is 10.7 Å². The number of hydrogen-bond donors (Lipinski definition) is 0. The molecule has 2 aromatic carbocycles. The van der Waals surface area contributed by atoms with Gasteiger partial charge < -0.3 is 9.64 Å². The normalized spacial score (nSPS) is 14.7. The molecule has 0 aliphatic carbocycles. The summed E-state index contributed by atoms with van der Waals surface area (Å²) in [6.45, 7) is 2.86. The highest BCUT2D eigenvalue weighted by Crippen LogP contribution is 2.27. The molecule has 0 aromatic heterocycles. The molecule has 3 rings (SSSR count). The van der Waals surface area contributed by atoms with Gasteiger partial charge in [-0.1, -0.05) is 23.7 Å². The Balaban J connectivity index is 1.50. The molecule has 9 heteroatoms. The van der Waals surface area contributed by atoms with Crippen molar-refractivity contribution >= 4 is 23.2 Å². The van der Waals surface area contributed by atoms with Crippen molar-refractivity contribution in [3.63, 3.8) is 0 Å². The average molecular weight is 408 g/mol. The van der Waals surface area contributed by atoms with Gasteiger partial charge >= 0.3 is 5.69 Å². The third-order valence-corrected chi connectivity index (χ3v) is 4.77. The number of hydrogen-bond acceptors (Lipinski definition) is 5. The number of nitrogens with zero attached hydrogens (tertiary/aromatic N) is 3. The summed E-state index contributed by atoms with van der Waals surface area (Å²) < 4.78 is 18.6. The molecule has 1 heterocycles. The number of nitro benzene ring substituents is 1. The zero-order valence-corrected chi connectivity index (χ0v) is 15.8. The molecule has 1 fully saturated rings. The first-order valence-corrected chi connectivity index (χ1v) is 9.11. The second-order valence-corrected chi connectivity index (χ2v) is 6.88. The van der Waals surface area contributed by atoms with Crippen LogP contribution in [0.1, 0.15) is 5.56 Å². The monoisotopic (exact) mass is 407 g/mol. The van der Waals surface area contributed by atoms with Gasteiger partial charge in [0.15, 0.2) is 6.61 Å². The van der Waals surface area contributed by atoms with Crippen molar-refractivity contribution in [2.45, 2.75) is 6.54 Å². The molecule has 0 atom stereocenters. The van der Waals surface area contributed by atoms with Gasteiger partial charge in [-0.15, -0.1) is 0 Å². The summed E-state index contributed by atoms with van der Waals surface area (Å²) in [5.74, 6) is -1.20. The molecule has 1 saturated heterocycles. The second-order valence-electron chi connectivity index (χ2n) is 6.44. The Labute approximate surface area is 166 Å². The van der Waals surface area contributed by atoms with E-state index in [0.717, 1.165) is 30.3 Å². The fraction of sp³-hybridized carbons (Fsp3) is 0.316. The lowest BCUT2D eigenvalue weighted by molar-refractivity contribution is -0.385. The van der Waals surface area contributed by atoms with Gasteiger partial charge in [0, 0.05) is 49.9 Å². The van der Waals surface area contributed by atoms with E-state index in [1.165, 1.54) is 0 Å². The lowest BCUT2D eigenvalue weighted by atomic mass is 10.2. The largest absolute Gasteiger partial charge is 0.477 e. The maximum absolute atomic E-state index is 13.3. The number of carbonyl (C=O) groups excluding carboxylic acids is 1. The van der Waals surface area contributed by atoms with Gasteiger partial charge in [0.25, 0.3) is 5.91 Å². The fourth-order valence-corrected chi connectivity index (χ4v) is 3.11. The Hall–Kier alpha value is -2.71. The van der Waals surface area contributed by atoms with Crippen LogP contribution >= 0.6 is 11.6 Å². The predicted molar refractivity (Wildman–Crippen MR) is 102 cm³/mol. The van der Waals surface area contributed by atoms with Crippen molar-refractivity contribution in [2.75, 3.05) is 32.8 Å². The molecular formula is C19H19ClFN3O4. The van der Waals surface area contributed by atoms with E-state index in [2.05, 4.69) is 4.90 Å². The number of carbonyl (C=O) groups is 1. The van der Waals surface area contributed by atoms with Gasteiger partial charge in [-0.05, 0) is 23.8 Å². The van der Waals surface area contributed by atoms with E-state index in [1.54, 1.807) is 4.90 Å². The van der Waals surface area contributed by atoms with Crippen LogP contribution in [0.2, 0.25) is 5.02 Å². The summed E-state index contributed by atoms with van der Waals surface area (Å²) in [6, 6.07) is 10.5. The van der Waals surface area contributed by atoms with Gasteiger partial charge in [-0.3, -0.25) is 19.8 Å². The maximum atomic E-state index is 13.3. The van der Waals surface area contributed by atoms with Gasteiger partial charge in [-0.2, -0.15) is 0 Å². The molecule has 1 amide bonds. The average Bonchev–Trinajstić information content (AvgIpc) is 2.68. The Morgan fingerprint density at radius 3 is 2.46 bits per heavy atom. The first kappa shape index (κ1) is 20.0. The van der Waals surface area contributed by atoms with E-state index in [0.29, 0.717) is 31.2 Å². The van der Waals surface area contributed by atoms with Crippen LogP contribution in [0, 0.1) is 15.9 Å². The molecule has 1 aliphatic heterocycles.